The standard InChI is InChI=1S/C14H19N3O2S/c1-9(2)11-5-4-10(13(18)16-11)12-8-20-14(17-12)15-6-7-19-3/h4-5,8-9H,6-7H2,1-3H3,(H,15,17)(H,16,18). The topological polar surface area (TPSA) is 67.0 Å². The van der Waals surface area contributed by atoms with E-state index >= 15 is 0 Å². The number of thiazole rings is 1. The monoisotopic (exact) mass is 293 g/mol. The van der Waals surface area contributed by atoms with Crippen molar-refractivity contribution in [2.24, 2.45) is 0 Å². The summed E-state index contributed by atoms with van der Waals surface area (Å²) in [6.07, 6.45) is 0. The van der Waals surface area contributed by atoms with E-state index in [1.54, 1.807) is 7.11 Å². The predicted molar refractivity (Wildman–Crippen MR) is 82.6 cm³/mol. The van der Waals surface area contributed by atoms with Crippen LogP contribution in [-0.2, 0) is 4.74 Å². The zero-order chi connectivity index (χ0) is 14.5. The average molecular weight is 293 g/mol. The molecule has 0 aromatic carbocycles. The Morgan fingerprint density at radius 2 is 2.25 bits per heavy atom. The van der Waals surface area contributed by atoms with E-state index in [0.29, 0.717) is 30.3 Å². The molecular formula is C14H19N3O2S. The molecule has 0 atom stereocenters. The van der Waals surface area contributed by atoms with Crippen LogP contribution in [0.3, 0.4) is 0 Å². The number of aromatic nitrogens is 2. The van der Waals surface area contributed by atoms with Crippen molar-refractivity contribution in [2.75, 3.05) is 25.6 Å². The Balaban J connectivity index is 2.18. The van der Waals surface area contributed by atoms with Crippen LogP contribution in [0.2, 0.25) is 0 Å². The first kappa shape index (κ1) is 14.7. The fourth-order valence-corrected chi connectivity index (χ4v) is 2.51. The van der Waals surface area contributed by atoms with Crippen molar-refractivity contribution in [2.45, 2.75) is 19.8 Å². The SMILES string of the molecule is COCCNc1nc(-c2ccc(C(C)C)[nH]c2=O)cs1. The summed E-state index contributed by atoms with van der Waals surface area (Å²) in [6, 6.07) is 3.78. The third-order valence-corrected chi connectivity index (χ3v) is 3.72. The van der Waals surface area contributed by atoms with Crippen LogP contribution in [0.15, 0.2) is 22.3 Å². The van der Waals surface area contributed by atoms with Gasteiger partial charge in [0.1, 0.15) is 0 Å². The summed E-state index contributed by atoms with van der Waals surface area (Å²) in [7, 11) is 1.66. The van der Waals surface area contributed by atoms with Crippen molar-refractivity contribution in [3.05, 3.63) is 33.6 Å². The van der Waals surface area contributed by atoms with Gasteiger partial charge in [0.25, 0.3) is 5.56 Å². The Hall–Kier alpha value is -1.66. The summed E-state index contributed by atoms with van der Waals surface area (Å²) in [6.45, 7) is 5.42. The second kappa shape index (κ2) is 6.67. The molecule has 0 aliphatic rings. The largest absolute Gasteiger partial charge is 0.383 e. The second-order valence-corrected chi connectivity index (χ2v) is 5.63. The summed E-state index contributed by atoms with van der Waals surface area (Å²) in [5.74, 6) is 0.304. The van der Waals surface area contributed by atoms with Crippen LogP contribution >= 0.6 is 11.3 Å². The van der Waals surface area contributed by atoms with Crippen molar-refractivity contribution in [3.63, 3.8) is 0 Å². The highest BCUT2D eigenvalue weighted by Gasteiger charge is 2.09. The lowest BCUT2D eigenvalue weighted by atomic mass is 10.1. The smallest absolute Gasteiger partial charge is 0.257 e. The lowest BCUT2D eigenvalue weighted by Gasteiger charge is -2.05. The highest BCUT2D eigenvalue weighted by Crippen LogP contribution is 2.23. The van der Waals surface area contributed by atoms with E-state index in [9.17, 15) is 4.79 Å². The van der Waals surface area contributed by atoms with Crippen LogP contribution in [-0.4, -0.2) is 30.2 Å². The van der Waals surface area contributed by atoms with E-state index in [0.717, 1.165) is 10.8 Å². The first-order valence-corrected chi connectivity index (χ1v) is 7.41. The number of methoxy groups -OCH3 is 1. The Kier molecular flexibility index (Phi) is 4.92. The van der Waals surface area contributed by atoms with Gasteiger partial charge in [-0.25, -0.2) is 4.98 Å². The molecule has 2 N–H and O–H groups in total. The van der Waals surface area contributed by atoms with Gasteiger partial charge in [-0.3, -0.25) is 4.79 Å². The molecule has 0 saturated carbocycles. The summed E-state index contributed by atoms with van der Waals surface area (Å²) < 4.78 is 4.97. The van der Waals surface area contributed by atoms with E-state index in [1.807, 2.05) is 31.4 Å². The molecule has 6 heteroatoms. The van der Waals surface area contributed by atoms with Crippen molar-refractivity contribution in [1.82, 2.24) is 9.97 Å². The van der Waals surface area contributed by atoms with Gasteiger partial charge in [0.15, 0.2) is 5.13 Å². The molecule has 0 bridgehead atoms. The van der Waals surface area contributed by atoms with Gasteiger partial charge < -0.3 is 15.0 Å². The van der Waals surface area contributed by atoms with Crippen LogP contribution in [0.1, 0.15) is 25.5 Å². The zero-order valence-electron chi connectivity index (χ0n) is 11.9. The Labute approximate surface area is 122 Å². The van der Waals surface area contributed by atoms with E-state index in [1.165, 1.54) is 11.3 Å². The molecule has 108 valence electrons. The molecule has 0 spiro atoms. The number of nitrogens with one attached hydrogen (secondary N) is 2. The molecule has 0 amide bonds. The predicted octanol–water partition coefficient (Wildman–Crippen LogP) is 2.68. The molecule has 2 heterocycles. The minimum absolute atomic E-state index is 0.0926. The highest BCUT2D eigenvalue weighted by atomic mass is 32.1. The number of aromatic amines is 1. The normalized spacial score (nSPS) is 11.0. The number of nitrogens with zero attached hydrogens (tertiary/aromatic N) is 1. The fraction of sp³-hybridized carbons (Fsp3) is 0.429. The second-order valence-electron chi connectivity index (χ2n) is 4.77. The lowest BCUT2D eigenvalue weighted by Crippen LogP contribution is -2.12. The first-order chi connectivity index (χ1) is 9.61. The molecule has 0 aliphatic carbocycles. The molecule has 0 fully saturated rings. The molecule has 2 aromatic heterocycles. The Bertz CT molecular complexity index is 619. The van der Waals surface area contributed by atoms with Crippen LogP contribution in [0.5, 0.6) is 0 Å². The zero-order valence-corrected chi connectivity index (χ0v) is 12.7. The van der Waals surface area contributed by atoms with Gasteiger partial charge in [0.05, 0.1) is 17.9 Å². The van der Waals surface area contributed by atoms with Crippen LogP contribution in [0.4, 0.5) is 5.13 Å². The highest BCUT2D eigenvalue weighted by molar-refractivity contribution is 7.14. The van der Waals surface area contributed by atoms with Gasteiger partial charge in [-0.2, -0.15) is 0 Å². The Morgan fingerprint density at radius 1 is 1.45 bits per heavy atom. The number of anilines is 1. The quantitative estimate of drug-likeness (QED) is 0.804. The molecule has 20 heavy (non-hydrogen) atoms. The summed E-state index contributed by atoms with van der Waals surface area (Å²) in [5.41, 5.74) is 2.15. The van der Waals surface area contributed by atoms with Gasteiger partial charge in [-0.05, 0) is 18.1 Å². The number of hydrogen-bond donors (Lipinski definition) is 2. The first-order valence-electron chi connectivity index (χ1n) is 6.53. The number of pyridine rings is 1. The van der Waals surface area contributed by atoms with E-state index in [4.69, 9.17) is 4.74 Å². The summed E-state index contributed by atoms with van der Waals surface area (Å²) >= 11 is 1.48. The molecular weight excluding hydrogens is 274 g/mol. The van der Waals surface area contributed by atoms with Crippen molar-refractivity contribution >= 4 is 16.5 Å². The van der Waals surface area contributed by atoms with Crippen LogP contribution in [0.25, 0.3) is 11.3 Å². The van der Waals surface area contributed by atoms with Crippen molar-refractivity contribution < 1.29 is 4.74 Å². The molecule has 2 rings (SSSR count). The molecule has 0 radical (unpaired) electrons. The number of ether oxygens (including phenoxy) is 1. The van der Waals surface area contributed by atoms with Gasteiger partial charge in [0.2, 0.25) is 0 Å². The van der Waals surface area contributed by atoms with E-state index in [-0.39, 0.29) is 5.56 Å². The van der Waals surface area contributed by atoms with Gasteiger partial charge in [-0.1, -0.05) is 13.8 Å². The number of H-pyrrole nitrogens is 1. The fourth-order valence-electron chi connectivity index (χ4n) is 1.77. The lowest BCUT2D eigenvalue weighted by molar-refractivity contribution is 0.211. The molecule has 0 saturated heterocycles. The van der Waals surface area contributed by atoms with Gasteiger partial charge in [0, 0.05) is 24.7 Å². The molecule has 0 aliphatic heterocycles. The third kappa shape index (κ3) is 3.46. The molecule has 5 nitrogen and oxygen atoms in total. The van der Waals surface area contributed by atoms with Gasteiger partial charge in [-0.15, -0.1) is 11.3 Å². The van der Waals surface area contributed by atoms with Crippen molar-refractivity contribution in [1.29, 1.82) is 0 Å². The molecule has 2 aromatic rings. The maximum atomic E-state index is 12.1. The van der Waals surface area contributed by atoms with E-state index in [2.05, 4.69) is 15.3 Å². The minimum Gasteiger partial charge on any atom is -0.383 e. The minimum atomic E-state index is -0.0926. The summed E-state index contributed by atoms with van der Waals surface area (Å²) in [5, 5.41) is 5.83. The number of rotatable bonds is 6. The van der Waals surface area contributed by atoms with Crippen LogP contribution < -0.4 is 10.9 Å². The van der Waals surface area contributed by atoms with Crippen LogP contribution in [0, 0.1) is 0 Å². The summed E-state index contributed by atoms with van der Waals surface area (Å²) in [4.78, 5) is 19.4. The van der Waals surface area contributed by atoms with Crippen molar-refractivity contribution in [3.8, 4) is 11.3 Å². The van der Waals surface area contributed by atoms with E-state index < -0.39 is 0 Å². The molecule has 0 unspecified atom stereocenters. The van der Waals surface area contributed by atoms with Gasteiger partial charge >= 0.3 is 0 Å². The Morgan fingerprint density at radius 3 is 2.90 bits per heavy atom. The number of hydrogen-bond acceptors (Lipinski definition) is 5. The average Bonchev–Trinajstić information content (AvgIpc) is 2.87. The maximum absolute atomic E-state index is 12.1. The third-order valence-electron chi connectivity index (χ3n) is 2.92. The maximum Gasteiger partial charge on any atom is 0.257 e.